The maximum Gasteiger partial charge on any atom is 0.235 e. The number of carbonyl (C=O) groups excluding carboxylic acids is 1. The lowest BCUT2D eigenvalue weighted by Gasteiger charge is -2.28. The largest absolute Gasteiger partial charge is 0.497 e. The highest BCUT2D eigenvalue weighted by Crippen LogP contribution is 2.42. The number of rotatable bonds is 6. The standard InChI is InChI=1S/C23H26N2O3/c1-16(2)28-20-10-11-21(17(14-20)15-24)25-22(26)23(12-4-5-13-23)18-6-8-19(27-3)9-7-18/h6-11,14,16H,4-5,12-13H2,1-3H3,(H,25,26). The van der Waals surface area contributed by atoms with Crippen molar-refractivity contribution in [1.82, 2.24) is 0 Å². The molecule has 1 N–H and O–H groups in total. The normalized spacial score (nSPS) is 15.1. The average molecular weight is 378 g/mol. The lowest BCUT2D eigenvalue weighted by molar-refractivity contribution is -0.121. The van der Waals surface area contributed by atoms with Gasteiger partial charge in [0.25, 0.3) is 0 Å². The van der Waals surface area contributed by atoms with Gasteiger partial charge in [0.05, 0.1) is 29.9 Å². The van der Waals surface area contributed by atoms with Gasteiger partial charge in [-0.3, -0.25) is 4.79 Å². The van der Waals surface area contributed by atoms with Crippen LogP contribution in [0.25, 0.3) is 0 Å². The molecule has 5 nitrogen and oxygen atoms in total. The molecule has 0 spiro atoms. The predicted octanol–water partition coefficient (Wildman–Crippen LogP) is 4.80. The summed E-state index contributed by atoms with van der Waals surface area (Å²) in [6, 6.07) is 15.1. The fourth-order valence-electron chi connectivity index (χ4n) is 3.85. The molecule has 1 aliphatic rings. The van der Waals surface area contributed by atoms with Gasteiger partial charge in [-0.25, -0.2) is 0 Å². The molecule has 0 bridgehead atoms. The van der Waals surface area contributed by atoms with E-state index in [1.165, 1.54) is 0 Å². The molecule has 3 rings (SSSR count). The predicted molar refractivity (Wildman–Crippen MR) is 109 cm³/mol. The second-order valence-electron chi connectivity index (χ2n) is 7.46. The molecule has 1 amide bonds. The molecule has 0 radical (unpaired) electrons. The number of hydrogen-bond acceptors (Lipinski definition) is 4. The van der Waals surface area contributed by atoms with Crippen molar-refractivity contribution < 1.29 is 14.3 Å². The molecule has 1 saturated carbocycles. The minimum Gasteiger partial charge on any atom is -0.497 e. The molecule has 5 heteroatoms. The van der Waals surface area contributed by atoms with Crippen LogP contribution in [0.15, 0.2) is 42.5 Å². The molecule has 1 fully saturated rings. The fraction of sp³-hybridized carbons (Fsp3) is 0.391. The van der Waals surface area contributed by atoms with Gasteiger partial charge in [0.1, 0.15) is 17.6 Å². The van der Waals surface area contributed by atoms with Gasteiger partial charge >= 0.3 is 0 Å². The molecule has 0 unspecified atom stereocenters. The van der Waals surface area contributed by atoms with Crippen LogP contribution in [0.5, 0.6) is 11.5 Å². The molecule has 0 saturated heterocycles. The first-order valence-electron chi connectivity index (χ1n) is 9.65. The summed E-state index contributed by atoms with van der Waals surface area (Å²) in [7, 11) is 1.63. The Morgan fingerprint density at radius 2 is 1.75 bits per heavy atom. The van der Waals surface area contributed by atoms with Gasteiger partial charge in [0.2, 0.25) is 5.91 Å². The Morgan fingerprint density at radius 3 is 2.32 bits per heavy atom. The lowest BCUT2D eigenvalue weighted by Crippen LogP contribution is -2.38. The maximum absolute atomic E-state index is 13.3. The summed E-state index contributed by atoms with van der Waals surface area (Å²) < 4.78 is 10.9. The van der Waals surface area contributed by atoms with E-state index in [0.29, 0.717) is 17.0 Å². The number of nitrogens with zero attached hydrogens (tertiary/aromatic N) is 1. The summed E-state index contributed by atoms with van der Waals surface area (Å²) in [6.07, 6.45) is 3.62. The molecule has 1 aliphatic carbocycles. The minimum atomic E-state index is -0.577. The summed E-state index contributed by atoms with van der Waals surface area (Å²) in [6.45, 7) is 3.86. The first-order valence-corrected chi connectivity index (χ1v) is 9.65. The van der Waals surface area contributed by atoms with Crippen LogP contribution in [-0.2, 0) is 10.2 Å². The Hall–Kier alpha value is -3.00. The van der Waals surface area contributed by atoms with Crippen LogP contribution in [0, 0.1) is 11.3 Å². The molecule has 146 valence electrons. The molecule has 2 aromatic rings. The summed E-state index contributed by atoms with van der Waals surface area (Å²) in [5.41, 5.74) is 1.32. The summed E-state index contributed by atoms with van der Waals surface area (Å²) in [5.74, 6) is 1.32. The van der Waals surface area contributed by atoms with Gasteiger partial charge in [-0.15, -0.1) is 0 Å². The maximum atomic E-state index is 13.3. The van der Waals surface area contributed by atoms with E-state index in [1.54, 1.807) is 25.3 Å². The number of anilines is 1. The van der Waals surface area contributed by atoms with E-state index in [9.17, 15) is 10.1 Å². The second kappa shape index (κ2) is 8.35. The van der Waals surface area contributed by atoms with E-state index in [-0.39, 0.29) is 12.0 Å². The van der Waals surface area contributed by atoms with Crippen molar-refractivity contribution in [2.24, 2.45) is 0 Å². The number of ether oxygens (including phenoxy) is 2. The van der Waals surface area contributed by atoms with E-state index in [2.05, 4.69) is 11.4 Å². The Labute approximate surface area is 166 Å². The Bertz CT molecular complexity index is 876. The number of methoxy groups -OCH3 is 1. The molecular formula is C23H26N2O3. The summed E-state index contributed by atoms with van der Waals surface area (Å²) in [4.78, 5) is 13.3. The number of amides is 1. The number of nitrogens with one attached hydrogen (secondary N) is 1. The van der Waals surface area contributed by atoms with E-state index in [4.69, 9.17) is 9.47 Å². The van der Waals surface area contributed by atoms with Crippen LogP contribution in [0.1, 0.15) is 50.7 Å². The van der Waals surface area contributed by atoms with Crippen LogP contribution in [0.4, 0.5) is 5.69 Å². The van der Waals surface area contributed by atoms with Gasteiger partial charge in [-0.2, -0.15) is 5.26 Å². The van der Waals surface area contributed by atoms with Crippen molar-refractivity contribution >= 4 is 11.6 Å². The molecular weight excluding hydrogens is 352 g/mol. The van der Waals surface area contributed by atoms with Crippen molar-refractivity contribution in [2.45, 2.75) is 51.0 Å². The number of benzene rings is 2. The molecule has 2 aromatic carbocycles. The van der Waals surface area contributed by atoms with Crippen LogP contribution in [0.3, 0.4) is 0 Å². The Morgan fingerprint density at radius 1 is 1.11 bits per heavy atom. The minimum absolute atomic E-state index is 0.0174. The van der Waals surface area contributed by atoms with Crippen molar-refractivity contribution in [3.63, 3.8) is 0 Å². The quantitative estimate of drug-likeness (QED) is 0.783. The Kier molecular flexibility index (Phi) is 5.89. The first kappa shape index (κ1) is 19.8. The SMILES string of the molecule is COc1ccc(C2(C(=O)Nc3ccc(OC(C)C)cc3C#N)CCCC2)cc1. The van der Waals surface area contributed by atoms with Gasteiger partial charge in [0, 0.05) is 6.07 Å². The monoisotopic (exact) mass is 378 g/mol. The number of nitriles is 1. The van der Waals surface area contributed by atoms with E-state index < -0.39 is 5.41 Å². The highest BCUT2D eigenvalue weighted by molar-refractivity contribution is 6.00. The van der Waals surface area contributed by atoms with Gasteiger partial charge in [-0.1, -0.05) is 25.0 Å². The van der Waals surface area contributed by atoms with Crippen molar-refractivity contribution in [2.75, 3.05) is 12.4 Å². The lowest BCUT2D eigenvalue weighted by atomic mass is 9.78. The van der Waals surface area contributed by atoms with Gasteiger partial charge < -0.3 is 14.8 Å². The smallest absolute Gasteiger partial charge is 0.235 e. The highest BCUT2D eigenvalue weighted by Gasteiger charge is 2.42. The third-order valence-corrected chi connectivity index (χ3v) is 5.27. The molecule has 28 heavy (non-hydrogen) atoms. The van der Waals surface area contributed by atoms with Crippen LogP contribution < -0.4 is 14.8 Å². The molecule has 0 heterocycles. The summed E-state index contributed by atoms with van der Waals surface area (Å²) in [5, 5.41) is 12.5. The molecule has 0 aliphatic heterocycles. The van der Waals surface area contributed by atoms with Crippen molar-refractivity contribution in [3.05, 3.63) is 53.6 Å². The first-order chi connectivity index (χ1) is 13.5. The zero-order chi connectivity index (χ0) is 20.1. The van der Waals surface area contributed by atoms with Crippen molar-refractivity contribution in [1.29, 1.82) is 5.26 Å². The topological polar surface area (TPSA) is 71.3 Å². The third-order valence-electron chi connectivity index (χ3n) is 5.27. The van der Waals surface area contributed by atoms with Crippen LogP contribution in [-0.4, -0.2) is 19.1 Å². The van der Waals surface area contributed by atoms with Gasteiger partial charge in [-0.05, 0) is 56.5 Å². The van der Waals surface area contributed by atoms with Crippen LogP contribution >= 0.6 is 0 Å². The second-order valence-corrected chi connectivity index (χ2v) is 7.46. The zero-order valence-electron chi connectivity index (χ0n) is 16.6. The number of carbonyl (C=O) groups is 1. The highest BCUT2D eigenvalue weighted by atomic mass is 16.5. The van der Waals surface area contributed by atoms with Gasteiger partial charge in [0.15, 0.2) is 0 Å². The van der Waals surface area contributed by atoms with Crippen LogP contribution in [0.2, 0.25) is 0 Å². The van der Waals surface area contributed by atoms with Crippen molar-refractivity contribution in [3.8, 4) is 17.6 Å². The molecule has 0 aromatic heterocycles. The number of hydrogen-bond donors (Lipinski definition) is 1. The van der Waals surface area contributed by atoms with E-state index in [0.717, 1.165) is 37.0 Å². The Balaban J connectivity index is 1.88. The molecule has 0 atom stereocenters. The summed E-state index contributed by atoms with van der Waals surface area (Å²) >= 11 is 0. The van der Waals surface area contributed by atoms with E-state index >= 15 is 0 Å². The third kappa shape index (κ3) is 3.96. The zero-order valence-corrected chi connectivity index (χ0v) is 16.6. The fourth-order valence-corrected chi connectivity index (χ4v) is 3.85. The van der Waals surface area contributed by atoms with E-state index in [1.807, 2.05) is 38.1 Å². The average Bonchev–Trinajstić information content (AvgIpc) is 3.20.